The van der Waals surface area contributed by atoms with Crippen molar-refractivity contribution in [1.82, 2.24) is 4.90 Å². The Morgan fingerprint density at radius 1 is 1.30 bits per heavy atom. The minimum atomic E-state index is -4.42. The Bertz CT molecular complexity index is 514. The number of alkyl halides is 3. The van der Waals surface area contributed by atoms with Crippen LogP contribution in [0.15, 0.2) is 24.3 Å². The van der Waals surface area contributed by atoms with E-state index < -0.39 is 18.5 Å². The van der Waals surface area contributed by atoms with E-state index in [1.54, 1.807) is 7.11 Å². The first-order chi connectivity index (χ1) is 10.9. The van der Waals surface area contributed by atoms with Crippen LogP contribution in [-0.2, 0) is 11.2 Å². The zero-order chi connectivity index (χ0) is 16.9. The highest BCUT2D eigenvalue weighted by molar-refractivity contribution is 5.76. The SMILES string of the molecule is COc1ccc(CCC2CCCN(C(=O)CC(F)(F)F)C2)cc1. The quantitative estimate of drug-likeness (QED) is 0.822. The molecular formula is C17H22F3NO2. The molecule has 1 heterocycles. The van der Waals surface area contributed by atoms with Gasteiger partial charge < -0.3 is 9.64 Å². The Kier molecular flexibility index (Phi) is 5.91. The molecule has 0 aliphatic carbocycles. The molecule has 1 aliphatic heterocycles. The largest absolute Gasteiger partial charge is 0.497 e. The molecule has 1 atom stereocenters. The number of halogens is 3. The predicted octanol–water partition coefficient (Wildman–Crippen LogP) is 3.82. The van der Waals surface area contributed by atoms with Gasteiger partial charge in [0.05, 0.1) is 7.11 Å². The molecule has 128 valence electrons. The van der Waals surface area contributed by atoms with Crippen molar-refractivity contribution in [2.45, 2.75) is 38.3 Å². The third-order valence-corrected chi connectivity index (χ3v) is 4.22. The fraction of sp³-hybridized carbons (Fsp3) is 0.588. The van der Waals surface area contributed by atoms with E-state index in [2.05, 4.69) is 0 Å². The van der Waals surface area contributed by atoms with Crippen LogP contribution in [0.1, 0.15) is 31.2 Å². The molecule has 1 fully saturated rings. The Morgan fingerprint density at radius 3 is 2.61 bits per heavy atom. The fourth-order valence-corrected chi connectivity index (χ4v) is 2.97. The van der Waals surface area contributed by atoms with Crippen LogP contribution in [0.4, 0.5) is 13.2 Å². The number of amides is 1. The summed E-state index contributed by atoms with van der Waals surface area (Å²) in [6, 6.07) is 7.78. The minimum Gasteiger partial charge on any atom is -0.497 e. The Morgan fingerprint density at radius 2 is 2.00 bits per heavy atom. The maximum atomic E-state index is 12.3. The molecule has 0 aromatic heterocycles. The zero-order valence-corrected chi connectivity index (χ0v) is 13.2. The molecule has 3 nitrogen and oxygen atoms in total. The highest BCUT2D eigenvalue weighted by atomic mass is 19.4. The van der Waals surface area contributed by atoms with Crippen molar-refractivity contribution in [2.75, 3.05) is 20.2 Å². The summed E-state index contributed by atoms with van der Waals surface area (Å²) >= 11 is 0. The third kappa shape index (κ3) is 5.77. The number of aryl methyl sites for hydroxylation is 1. The molecule has 1 amide bonds. The monoisotopic (exact) mass is 329 g/mol. The lowest BCUT2D eigenvalue weighted by atomic mass is 9.91. The normalized spacial score (nSPS) is 18.8. The summed E-state index contributed by atoms with van der Waals surface area (Å²) in [5.41, 5.74) is 1.17. The molecule has 6 heteroatoms. The molecule has 0 radical (unpaired) electrons. The second-order valence-electron chi connectivity index (χ2n) is 6.03. The number of hydrogen-bond acceptors (Lipinski definition) is 2. The minimum absolute atomic E-state index is 0.267. The highest BCUT2D eigenvalue weighted by Gasteiger charge is 2.34. The zero-order valence-electron chi connectivity index (χ0n) is 13.2. The number of piperidine rings is 1. The standard InChI is InChI=1S/C17H22F3NO2/c1-23-15-8-6-13(7-9-15)4-5-14-3-2-10-21(12-14)16(22)11-17(18,19)20/h6-9,14H,2-5,10-12H2,1H3. The smallest absolute Gasteiger partial charge is 0.397 e. The number of carbonyl (C=O) groups excluding carboxylic acids is 1. The van der Waals surface area contributed by atoms with Crippen molar-refractivity contribution in [3.05, 3.63) is 29.8 Å². The van der Waals surface area contributed by atoms with Gasteiger partial charge in [-0.1, -0.05) is 12.1 Å². The number of rotatable bonds is 5. The number of likely N-dealkylation sites (tertiary alicyclic amines) is 1. The van der Waals surface area contributed by atoms with Crippen molar-refractivity contribution < 1.29 is 22.7 Å². The van der Waals surface area contributed by atoms with E-state index in [0.29, 0.717) is 13.1 Å². The van der Waals surface area contributed by atoms with E-state index in [-0.39, 0.29) is 5.92 Å². The van der Waals surface area contributed by atoms with Gasteiger partial charge in [-0.25, -0.2) is 0 Å². The summed E-state index contributed by atoms with van der Waals surface area (Å²) in [5, 5.41) is 0. The van der Waals surface area contributed by atoms with Crippen molar-refractivity contribution in [3.63, 3.8) is 0 Å². The molecule has 23 heavy (non-hydrogen) atoms. The second kappa shape index (κ2) is 7.70. The summed E-state index contributed by atoms with van der Waals surface area (Å²) in [7, 11) is 1.61. The molecule has 0 N–H and O–H groups in total. The van der Waals surface area contributed by atoms with Crippen LogP contribution in [0.3, 0.4) is 0 Å². The Labute approximate surface area is 134 Å². The van der Waals surface area contributed by atoms with Gasteiger partial charge in [0.25, 0.3) is 0 Å². The summed E-state index contributed by atoms with van der Waals surface area (Å²) < 4.78 is 42.1. The lowest BCUT2D eigenvalue weighted by Crippen LogP contribution is -2.41. The van der Waals surface area contributed by atoms with Gasteiger partial charge in [-0.05, 0) is 49.3 Å². The molecule has 0 spiro atoms. The second-order valence-corrected chi connectivity index (χ2v) is 6.03. The van der Waals surface area contributed by atoms with Crippen LogP contribution >= 0.6 is 0 Å². The maximum absolute atomic E-state index is 12.3. The molecule has 1 aliphatic rings. The number of benzene rings is 1. The van der Waals surface area contributed by atoms with Crippen LogP contribution in [0.5, 0.6) is 5.75 Å². The van der Waals surface area contributed by atoms with Gasteiger partial charge in [0.1, 0.15) is 12.2 Å². The van der Waals surface area contributed by atoms with Gasteiger partial charge in [0.15, 0.2) is 0 Å². The predicted molar refractivity (Wildman–Crippen MR) is 81.3 cm³/mol. The summed E-state index contributed by atoms with van der Waals surface area (Å²) in [6.07, 6.45) is -2.30. The number of ether oxygens (including phenoxy) is 1. The van der Waals surface area contributed by atoms with E-state index in [4.69, 9.17) is 4.74 Å². The summed E-state index contributed by atoms with van der Waals surface area (Å²) in [5.74, 6) is 0.269. The molecule has 2 rings (SSSR count). The topological polar surface area (TPSA) is 29.5 Å². The first-order valence-electron chi connectivity index (χ1n) is 7.85. The van der Waals surface area contributed by atoms with Gasteiger partial charge >= 0.3 is 6.18 Å². The number of nitrogens with zero attached hydrogens (tertiary/aromatic N) is 1. The molecular weight excluding hydrogens is 307 g/mol. The van der Waals surface area contributed by atoms with Crippen LogP contribution in [0.2, 0.25) is 0 Å². The Balaban J connectivity index is 1.82. The Hall–Kier alpha value is -1.72. The van der Waals surface area contributed by atoms with Gasteiger partial charge in [0, 0.05) is 13.1 Å². The van der Waals surface area contributed by atoms with E-state index in [1.165, 1.54) is 10.5 Å². The number of carbonyl (C=O) groups is 1. The van der Waals surface area contributed by atoms with Gasteiger partial charge in [0.2, 0.25) is 5.91 Å². The van der Waals surface area contributed by atoms with Crippen LogP contribution in [-0.4, -0.2) is 37.2 Å². The van der Waals surface area contributed by atoms with Crippen molar-refractivity contribution >= 4 is 5.91 Å². The highest BCUT2D eigenvalue weighted by Crippen LogP contribution is 2.26. The van der Waals surface area contributed by atoms with Gasteiger partial charge in [-0.3, -0.25) is 4.79 Å². The van der Waals surface area contributed by atoms with Crippen molar-refractivity contribution in [1.29, 1.82) is 0 Å². The lowest BCUT2D eigenvalue weighted by molar-refractivity contribution is -0.162. The number of hydrogen-bond donors (Lipinski definition) is 0. The van der Waals surface area contributed by atoms with Gasteiger partial charge in [-0.15, -0.1) is 0 Å². The molecule has 1 aromatic rings. The number of methoxy groups -OCH3 is 1. The summed E-state index contributed by atoms with van der Waals surface area (Å²) in [6.45, 7) is 0.874. The molecule has 0 bridgehead atoms. The third-order valence-electron chi connectivity index (χ3n) is 4.22. The van der Waals surface area contributed by atoms with Crippen LogP contribution in [0, 0.1) is 5.92 Å². The maximum Gasteiger partial charge on any atom is 0.397 e. The molecule has 1 aromatic carbocycles. The van der Waals surface area contributed by atoms with Crippen LogP contribution < -0.4 is 4.74 Å². The van der Waals surface area contributed by atoms with E-state index in [9.17, 15) is 18.0 Å². The average molecular weight is 329 g/mol. The molecule has 1 saturated heterocycles. The van der Waals surface area contributed by atoms with E-state index in [1.807, 2.05) is 24.3 Å². The van der Waals surface area contributed by atoms with Crippen LogP contribution in [0.25, 0.3) is 0 Å². The first kappa shape index (κ1) is 17.6. The van der Waals surface area contributed by atoms with Crippen molar-refractivity contribution in [2.24, 2.45) is 5.92 Å². The van der Waals surface area contributed by atoms with Gasteiger partial charge in [-0.2, -0.15) is 13.2 Å². The molecule has 1 unspecified atom stereocenters. The molecule has 0 saturated carbocycles. The first-order valence-corrected chi connectivity index (χ1v) is 7.85. The lowest BCUT2D eigenvalue weighted by Gasteiger charge is -2.33. The van der Waals surface area contributed by atoms with E-state index >= 15 is 0 Å². The average Bonchev–Trinajstić information content (AvgIpc) is 2.52. The van der Waals surface area contributed by atoms with Crippen molar-refractivity contribution in [3.8, 4) is 5.75 Å². The summed E-state index contributed by atoms with van der Waals surface area (Å²) in [4.78, 5) is 13.1. The fourth-order valence-electron chi connectivity index (χ4n) is 2.97. The van der Waals surface area contributed by atoms with E-state index in [0.717, 1.165) is 31.4 Å².